The summed E-state index contributed by atoms with van der Waals surface area (Å²) in [5, 5.41) is 11.6. The molecule has 1 amide bonds. The summed E-state index contributed by atoms with van der Waals surface area (Å²) in [7, 11) is 0. The molecule has 0 saturated carbocycles. The molecular formula is C17H13FN4O. The Labute approximate surface area is 132 Å². The molecule has 0 fully saturated rings. The highest BCUT2D eigenvalue weighted by Gasteiger charge is 2.18. The van der Waals surface area contributed by atoms with Crippen molar-refractivity contribution in [1.29, 1.82) is 5.26 Å². The third-order valence-electron chi connectivity index (χ3n) is 3.45. The molecule has 6 heteroatoms. The minimum Gasteiger partial charge on any atom is -0.321 e. The Morgan fingerprint density at radius 3 is 2.96 bits per heavy atom. The molecule has 23 heavy (non-hydrogen) atoms. The lowest BCUT2D eigenvalue weighted by molar-refractivity contribution is 0.102. The molecule has 0 unspecified atom stereocenters. The van der Waals surface area contributed by atoms with Gasteiger partial charge >= 0.3 is 0 Å². The van der Waals surface area contributed by atoms with E-state index >= 15 is 0 Å². The number of aryl methyl sites for hydroxylation is 1. The number of nitriles is 1. The van der Waals surface area contributed by atoms with Gasteiger partial charge < -0.3 is 5.32 Å². The van der Waals surface area contributed by atoms with Gasteiger partial charge in [0.15, 0.2) is 0 Å². The second kappa shape index (κ2) is 5.89. The highest BCUT2D eigenvalue weighted by atomic mass is 19.1. The van der Waals surface area contributed by atoms with E-state index in [0.29, 0.717) is 34.7 Å². The molecule has 2 heterocycles. The standard InChI is InChI=1S/C17H13FN4O/c1-2-14-16(22-10-12(18)6-7-15(22)21-14)17(23)20-13-5-3-4-11(8-13)9-19/h3-8,10H,2H2,1H3,(H,20,23). The number of pyridine rings is 1. The monoisotopic (exact) mass is 308 g/mol. The number of nitrogens with zero attached hydrogens (tertiary/aromatic N) is 3. The Morgan fingerprint density at radius 1 is 1.39 bits per heavy atom. The van der Waals surface area contributed by atoms with Gasteiger partial charge in [-0.25, -0.2) is 9.37 Å². The first-order chi connectivity index (χ1) is 11.1. The molecule has 0 aliphatic heterocycles. The molecule has 1 aromatic carbocycles. The average Bonchev–Trinajstić information content (AvgIpc) is 2.92. The second-order valence-corrected chi connectivity index (χ2v) is 4.98. The Bertz CT molecular complexity index is 939. The summed E-state index contributed by atoms with van der Waals surface area (Å²) < 4.78 is 14.9. The number of carbonyl (C=O) groups is 1. The average molecular weight is 308 g/mol. The Morgan fingerprint density at radius 2 is 2.22 bits per heavy atom. The molecule has 3 aromatic rings. The van der Waals surface area contributed by atoms with E-state index in [1.807, 2.05) is 13.0 Å². The maximum absolute atomic E-state index is 13.5. The van der Waals surface area contributed by atoms with Crippen LogP contribution in [0.4, 0.5) is 10.1 Å². The second-order valence-electron chi connectivity index (χ2n) is 4.98. The number of hydrogen-bond donors (Lipinski definition) is 1. The van der Waals surface area contributed by atoms with Crippen LogP contribution in [-0.4, -0.2) is 15.3 Å². The molecule has 5 nitrogen and oxygen atoms in total. The van der Waals surface area contributed by atoms with Gasteiger partial charge in [0.25, 0.3) is 5.91 Å². The summed E-state index contributed by atoms with van der Waals surface area (Å²) in [4.78, 5) is 17.0. The minimum absolute atomic E-state index is 0.296. The van der Waals surface area contributed by atoms with Crippen molar-refractivity contribution in [3.05, 3.63) is 65.4 Å². The summed E-state index contributed by atoms with van der Waals surface area (Å²) in [5.41, 5.74) is 2.35. The topological polar surface area (TPSA) is 70.2 Å². The first-order valence-corrected chi connectivity index (χ1v) is 7.10. The zero-order valence-corrected chi connectivity index (χ0v) is 12.4. The number of halogens is 1. The number of hydrogen-bond acceptors (Lipinski definition) is 3. The maximum Gasteiger partial charge on any atom is 0.274 e. The predicted octanol–water partition coefficient (Wildman–Crippen LogP) is 3.16. The molecule has 114 valence electrons. The molecule has 0 bridgehead atoms. The summed E-state index contributed by atoms with van der Waals surface area (Å²) in [6.07, 6.45) is 1.78. The van der Waals surface area contributed by atoms with Gasteiger partial charge in [-0.05, 0) is 36.8 Å². The quantitative estimate of drug-likeness (QED) is 0.808. The van der Waals surface area contributed by atoms with Crippen LogP contribution in [-0.2, 0) is 6.42 Å². The fourth-order valence-corrected chi connectivity index (χ4v) is 2.41. The molecule has 3 rings (SSSR count). The smallest absolute Gasteiger partial charge is 0.274 e. The van der Waals surface area contributed by atoms with Crippen LogP contribution in [0, 0.1) is 17.1 Å². The molecule has 1 N–H and O–H groups in total. The maximum atomic E-state index is 13.5. The molecule has 0 aliphatic rings. The van der Waals surface area contributed by atoms with Crippen LogP contribution in [0.2, 0.25) is 0 Å². The van der Waals surface area contributed by atoms with E-state index < -0.39 is 11.7 Å². The zero-order chi connectivity index (χ0) is 16.4. The summed E-state index contributed by atoms with van der Waals surface area (Å²) in [6.45, 7) is 1.88. The highest BCUT2D eigenvalue weighted by molar-refractivity contribution is 6.04. The van der Waals surface area contributed by atoms with E-state index in [1.54, 1.807) is 24.3 Å². The van der Waals surface area contributed by atoms with Crippen molar-refractivity contribution in [2.45, 2.75) is 13.3 Å². The fourth-order valence-electron chi connectivity index (χ4n) is 2.41. The van der Waals surface area contributed by atoms with Gasteiger partial charge in [-0.1, -0.05) is 13.0 Å². The van der Waals surface area contributed by atoms with Crippen LogP contribution in [0.3, 0.4) is 0 Å². The van der Waals surface area contributed by atoms with E-state index in [0.717, 1.165) is 0 Å². The van der Waals surface area contributed by atoms with Crippen LogP contribution < -0.4 is 5.32 Å². The Kier molecular flexibility index (Phi) is 3.77. The molecule has 2 aromatic heterocycles. The first-order valence-electron chi connectivity index (χ1n) is 7.10. The molecule has 0 atom stereocenters. The number of nitrogens with one attached hydrogen (secondary N) is 1. The SMILES string of the molecule is CCc1nc2ccc(F)cn2c1C(=O)Nc1cccc(C#N)c1. The van der Waals surface area contributed by atoms with Gasteiger partial charge in [0.05, 0.1) is 17.3 Å². The third kappa shape index (κ3) is 2.77. The van der Waals surface area contributed by atoms with Crippen molar-refractivity contribution in [1.82, 2.24) is 9.38 Å². The van der Waals surface area contributed by atoms with Gasteiger partial charge in [-0.2, -0.15) is 5.26 Å². The summed E-state index contributed by atoms with van der Waals surface area (Å²) in [6, 6.07) is 11.4. The van der Waals surface area contributed by atoms with E-state index in [2.05, 4.69) is 10.3 Å². The minimum atomic E-state index is -0.446. The van der Waals surface area contributed by atoms with Crippen molar-refractivity contribution in [3.8, 4) is 6.07 Å². The number of anilines is 1. The van der Waals surface area contributed by atoms with Crippen molar-refractivity contribution in [2.75, 3.05) is 5.32 Å². The number of aromatic nitrogens is 2. The Balaban J connectivity index is 2.03. The third-order valence-corrected chi connectivity index (χ3v) is 3.45. The largest absolute Gasteiger partial charge is 0.321 e. The lowest BCUT2D eigenvalue weighted by Crippen LogP contribution is -2.16. The lowest BCUT2D eigenvalue weighted by atomic mass is 10.2. The van der Waals surface area contributed by atoms with Crippen LogP contribution in [0.1, 0.15) is 28.7 Å². The van der Waals surface area contributed by atoms with Crippen LogP contribution in [0.25, 0.3) is 5.65 Å². The van der Waals surface area contributed by atoms with Gasteiger partial charge in [0.2, 0.25) is 0 Å². The van der Waals surface area contributed by atoms with Gasteiger partial charge in [-0.15, -0.1) is 0 Å². The van der Waals surface area contributed by atoms with E-state index in [9.17, 15) is 9.18 Å². The number of amides is 1. The zero-order valence-electron chi connectivity index (χ0n) is 12.4. The molecule has 0 radical (unpaired) electrons. The fraction of sp³-hybridized carbons (Fsp3) is 0.118. The summed E-state index contributed by atoms with van der Waals surface area (Å²) in [5.74, 6) is -0.840. The predicted molar refractivity (Wildman–Crippen MR) is 83.6 cm³/mol. The number of benzene rings is 1. The van der Waals surface area contributed by atoms with Crippen molar-refractivity contribution < 1.29 is 9.18 Å². The van der Waals surface area contributed by atoms with Crippen LogP contribution >= 0.6 is 0 Å². The number of rotatable bonds is 3. The number of carbonyl (C=O) groups excluding carboxylic acids is 1. The van der Waals surface area contributed by atoms with Crippen LogP contribution in [0.15, 0.2) is 42.6 Å². The van der Waals surface area contributed by atoms with Crippen molar-refractivity contribution in [2.24, 2.45) is 0 Å². The molecule has 0 saturated heterocycles. The molecular weight excluding hydrogens is 295 g/mol. The van der Waals surface area contributed by atoms with E-state index in [4.69, 9.17) is 5.26 Å². The van der Waals surface area contributed by atoms with Gasteiger partial charge in [-0.3, -0.25) is 9.20 Å². The highest BCUT2D eigenvalue weighted by Crippen LogP contribution is 2.17. The van der Waals surface area contributed by atoms with Gasteiger partial charge in [0, 0.05) is 11.9 Å². The Hall–Kier alpha value is -3.20. The van der Waals surface area contributed by atoms with Crippen molar-refractivity contribution in [3.63, 3.8) is 0 Å². The van der Waals surface area contributed by atoms with Crippen molar-refractivity contribution >= 4 is 17.2 Å². The van der Waals surface area contributed by atoms with E-state index in [-0.39, 0.29) is 0 Å². The van der Waals surface area contributed by atoms with Crippen LogP contribution in [0.5, 0.6) is 0 Å². The summed E-state index contributed by atoms with van der Waals surface area (Å²) >= 11 is 0. The lowest BCUT2D eigenvalue weighted by Gasteiger charge is -2.07. The van der Waals surface area contributed by atoms with E-state index in [1.165, 1.54) is 22.7 Å². The molecule has 0 aliphatic carbocycles. The normalized spacial score (nSPS) is 10.5. The number of fused-ring (bicyclic) bond motifs is 1. The van der Waals surface area contributed by atoms with Gasteiger partial charge in [0.1, 0.15) is 17.2 Å². The first kappa shape index (κ1) is 14.7. The number of imidazole rings is 1. The molecule has 0 spiro atoms.